The molecule has 1 unspecified atom stereocenters. The van der Waals surface area contributed by atoms with Gasteiger partial charge in [0.1, 0.15) is 12.2 Å². The molecule has 2 aliphatic heterocycles. The number of anilines is 1. The summed E-state index contributed by atoms with van der Waals surface area (Å²) in [6.07, 6.45) is 3.04. The van der Waals surface area contributed by atoms with Crippen LogP contribution in [0.25, 0.3) is 0 Å². The van der Waals surface area contributed by atoms with E-state index >= 15 is 0 Å². The van der Waals surface area contributed by atoms with Crippen molar-refractivity contribution in [2.24, 2.45) is 5.92 Å². The first-order valence-corrected chi connectivity index (χ1v) is 12.5. The van der Waals surface area contributed by atoms with E-state index in [2.05, 4.69) is 29.7 Å². The maximum absolute atomic E-state index is 11.6. The fourth-order valence-corrected chi connectivity index (χ4v) is 5.41. The molecule has 0 bridgehead atoms. The van der Waals surface area contributed by atoms with Crippen molar-refractivity contribution in [1.82, 2.24) is 4.90 Å². The summed E-state index contributed by atoms with van der Waals surface area (Å²) in [5, 5.41) is 9.65. The summed E-state index contributed by atoms with van der Waals surface area (Å²) in [4.78, 5) is 4.73. The van der Waals surface area contributed by atoms with Gasteiger partial charge in [0, 0.05) is 38.3 Å². The zero-order valence-corrected chi connectivity index (χ0v) is 19.2. The fourth-order valence-electron chi connectivity index (χ4n) is 4.78. The predicted octanol–water partition coefficient (Wildman–Crippen LogP) is 2.92. The van der Waals surface area contributed by atoms with Crippen molar-refractivity contribution >= 4 is 15.8 Å². The fraction of sp³-hybridized carbons (Fsp3) is 0.682. The molecule has 3 atom stereocenters. The van der Waals surface area contributed by atoms with Crippen molar-refractivity contribution < 1.29 is 17.3 Å². The molecule has 30 heavy (non-hydrogen) atoms. The zero-order valence-electron chi connectivity index (χ0n) is 18.4. The molecule has 0 saturated carbocycles. The van der Waals surface area contributed by atoms with Gasteiger partial charge in [-0.3, -0.25) is 9.08 Å². The standard InChI is InChI=1S/C22H33N3O4S/c1-16-13-24(14-17(2)28-16)15-19-8-10-25(11-9-19)22-20(12-23)6-5-7-21(22)18(3)29-30(4,26)27/h5-7,16-19H,8-11,13-15H2,1-4H3/t16-,17+,18?. The lowest BCUT2D eigenvalue weighted by atomic mass is 9.93. The van der Waals surface area contributed by atoms with Crippen LogP contribution in [0.5, 0.6) is 0 Å². The molecule has 2 heterocycles. The summed E-state index contributed by atoms with van der Waals surface area (Å²) in [5.41, 5.74) is 2.11. The molecular weight excluding hydrogens is 402 g/mol. The Morgan fingerprint density at radius 2 is 1.87 bits per heavy atom. The van der Waals surface area contributed by atoms with Crippen LogP contribution in [0.4, 0.5) is 5.69 Å². The van der Waals surface area contributed by atoms with Crippen molar-refractivity contribution in [1.29, 1.82) is 5.26 Å². The molecule has 0 radical (unpaired) electrons. The second-order valence-electron chi connectivity index (χ2n) is 8.70. The molecule has 2 aliphatic rings. The van der Waals surface area contributed by atoms with Gasteiger partial charge in [-0.1, -0.05) is 12.1 Å². The molecule has 0 amide bonds. The second kappa shape index (κ2) is 9.65. The number of benzene rings is 1. The van der Waals surface area contributed by atoms with Gasteiger partial charge in [0.05, 0.1) is 29.7 Å². The molecule has 0 aliphatic carbocycles. The Hall–Kier alpha value is -1.66. The number of ether oxygens (including phenoxy) is 1. The number of hydrogen-bond donors (Lipinski definition) is 0. The van der Waals surface area contributed by atoms with Crippen LogP contribution < -0.4 is 4.90 Å². The van der Waals surface area contributed by atoms with Gasteiger partial charge in [0.25, 0.3) is 10.1 Å². The van der Waals surface area contributed by atoms with Crippen LogP contribution in [0.3, 0.4) is 0 Å². The smallest absolute Gasteiger partial charge is 0.264 e. The largest absolute Gasteiger partial charge is 0.373 e. The first-order valence-electron chi connectivity index (χ1n) is 10.7. The molecule has 1 aromatic carbocycles. The Balaban J connectivity index is 1.70. The minimum absolute atomic E-state index is 0.273. The molecular formula is C22H33N3O4S. The zero-order chi connectivity index (χ0) is 21.9. The Kier molecular flexibility index (Phi) is 7.40. The average molecular weight is 436 g/mol. The molecule has 2 fully saturated rings. The van der Waals surface area contributed by atoms with Gasteiger partial charge >= 0.3 is 0 Å². The van der Waals surface area contributed by atoms with Gasteiger partial charge in [-0.25, -0.2) is 0 Å². The number of morpholine rings is 1. The first kappa shape index (κ1) is 23.0. The van der Waals surface area contributed by atoms with E-state index in [9.17, 15) is 13.7 Å². The molecule has 1 aromatic rings. The molecule has 0 aromatic heterocycles. The van der Waals surface area contributed by atoms with Crippen molar-refractivity contribution in [3.63, 3.8) is 0 Å². The van der Waals surface area contributed by atoms with E-state index < -0.39 is 16.2 Å². The van der Waals surface area contributed by atoms with E-state index in [-0.39, 0.29) is 12.2 Å². The van der Waals surface area contributed by atoms with Gasteiger partial charge in [-0.05, 0) is 45.6 Å². The van der Waals surface area contributed by atoms with Gasteiger partial charge in [0.2, 0.25) is 0 Å². The van der Waals surface area contributed by atoms with E-state index in [1.807, 2.05) is 6.07 Å². The van der Waals surface area contributed by atoms with Crippen LogP contribution in [0, 0.1) is 17.2 Å². The summed E-state index contributed by atoms with van der Waals surface area (Å²) >= 11 is 0. The SMILES string of the molecule is CC(OS(C)(=O)=O)c1cccc(C#N)c1N1CCC(CN2C[C@@H](C)O[C@@H](C)C2)CC1. The van der Waals surface area contributed by atoms with Gasteiger partial charge in [-0.15, -0.1) is 0 Å². The van der Waals surface area contributed by atoms with Gasteiger partial charge in [0.15, 0.2) is 0 Å². The number of hydrogen-bond acceptors (Lipinski definition) is 7. The lowest BCUT2D eigenvalue weighted by molar-refractivity contribution is -0.0720. The summed E-state index contributed by atoms with van der Waals surface area (Å²) in [6, 6.07) is 7.70. The quantitative estimate of drug-likeness (QED) is 0.635. The van der Waals surface area contributed by atoms with Gasteiger partial charge < -0.3 is 9.64 Å². The number of piperidine rings is 1. The van der Waals surface area contributed by atoms with E-state index in [1.165, 1.54) is 0 Å². The number of nitrogens with zero attached hydrogens (tertiary/aromatic N) is 3. The van der Waals surface area contributed by atoms with Gasteiger partial charge in [-0.2, -0.15) is 13.7 Å². The molecule has 166 valence electrons. The molecule has 2 saturated heterocycles. The topological polar surface area (TPSA) is 82.9 Å². The van der Waals surface area contributed by atoms with E-state index in [0.29, 0.717) is 11.5 Å². The van der Waals surface area contributed by atoms with E-state index in [1.54, 1.807) is 19.1 Å². The Bertz CT molecular complexity index is 865. The molecule has 0 N–H and O–H groups in total. The maximum atomic E-state index is 11.6. The Labute approximate surface area is 180 Å². The van der Waals surface area contributed by atoms with Crippen molar-refractivity contribution in [3.05, 3.63) is 29.3 Å². The van der Waals surface area contributed by atoms with Crippen molar-refractivity contribution in [2.75, 3.05) is 43.9 Å². The molecule has 0 spiro atoms. The third-order valence-electron chi connectivity index (χ3n) is 5.89. The Morgan fingerprint density at radius 3 is 2.43 bits per heavy atom. The van der Waals surface area contributed by atoms with E-state index in [4.69, 9.17) is 8.92 Å². The Morgan fingerprint density at radius 1 is 1.23 bits per heavy atom. The highest BCUT2D eigenvalue weighted by Crippen LogP contribution is 2.35. The monoisotopic (exact) mass is 435 g/mol. The summed E-state index contributed by atoms with van der Waals surface area (Å²) < 4.78 is 34.3. The van der Waals surface area contributed by atoms with Crippen LogP contribution in [0.1, 0.15) is 50.8 Å². The summed E-state index contributed by atoms with van der Waals surface area (Å²) in [6.45, 7) is 10.7. The third-order valence-corrected chi connectivity index (χ3v) is 6.53. The minimum Gasteiger partial charge on any atom is -0.373 e. The van der Waals surface area contributed by atoms with Crippen LogP contribution in [-0.4, -0.2) is 64.5 Å². The van der Waals surface area contributed by atoms with Crippen LogP contribution >= 0.6 is 0 Å². The lowest BCUT2D eigenvalue weighted by Crippen LogP contribution is -2.48. The van der Waals surface area contributed by atoms with Crippen LogP contribution in [0.15, 0.2) is 18.2 Å². The van der Waals surface area contributed by atoms with Crippen LogP contribution in [0.2, 0.25) is 0 Å². The van der Waals surface area contributed by atoms with E-state index in [0.717, 1.165) is 63.1 Å². The predicted molar refractivity (Wildman–Crippen MR) is 117 cm³/mol. The highest BCUT2D eigenvalue weighted by Gasteiger charge is 2.29. The molecule has 7 nitrogen and oxygen atoms in total. The number of nitriles is 1. The number of rotatable bonds is 6. The molecule has 8 heteroatoms. The summed E-state index contributed by atoms with van der Waals surface area (Å²) in [5.74, 6) is 0.612. The second-order valence-corrected chi connectivity index (χ2v) is 10.3. The highest BCUT2D eigenvalue weighted by atomic mass is 32.2. The maximum Gasteiger partial charge on any atom is 0.264 e. The minimum atomic E-state index is -3.59. The highest BCUT2D eigenvalue weighted by molar-refractivity contribution is 7.86. The third kappa shape index (κ3) is 5.94. The summed E-state index contributed by atoms with van der Waals surface area (Å²) in [7, 11) is -3.59. The lowest BCUT2D eigenvalue weighted by Gasteiger charge is -2.40. The average Bonchev–Trinajstić information content (AvgIpc) is 2.66. The number of para-hydroxylation sites is 1. The normalized spacial score (nSPS) is 25.1. The van der Waals surface area contributed by atoms with Crippen LogP contribution in [-0.2, 0) is 19.0 Å². The van der Waals surface area contributed by atoms with Crippen molar-refractivity contribution in [3.8, 4) is 6.07 Å². The first-order chi connectivity index (χ1) is 14.2. The van der Waals surface area contributed by atoms with Crippen molar-refractivity contribution in [2.45, 2.75) is 51.9 Å². The molecule has 3 rings (SSSR count).